The molecule has 0 saturated carbocycles. The zero-order valence-electron chi connectivity index (χ0n) is 15.5. The molecule has 0 aliphatic carbocycles. The Kier molecular flexibility index (Phi) is 6.29. The molecule has 3 rings (SSSR count). The van der Waals surface area contributed by atoms with Gasteiger partial charge in [-0.25, -0.2) is 13.1 Å². The van der Waals surface area contributed by atoms with Crippen molar-refractivity contribution in [2.75, 3.05) is 13.1 Å². The SMILES string of the molecule is CC[C@@H](C(=O)N1CCC(NS(=O)(=O)c2ccccc2)CC1)c1ccccc1. The van der Waals surface area contributed by atoms with Crippen LogP contribution in [0.2, 0.25) is 0 Å². The minimum Gasteiger partial charge on any atom is -0.342 e. The lowest BCUT2D eigenvalue weighted by atomic mass is 9.94. The van der Waals surface area contributed by atoms with Gasteiger partial charge in [-0.3, -0.25) is 4.79 Å². The van der Waals surface area contributed by atoms with Crippen molar-refractivity contribution in [1.82, 2.24) is 9.62 Å². The van der Waals surface area contributed by atoms with Crippen LogP contribution in [0.4, 0.5) is 0 Å². The average Bonchev–Trinajstić information content (AvgIpc) is 2.70. The summed E-state index contributed by atoms with van der Waals surface area (Å²) in [6.45, 7) is 3.17. The van der Waals surface area contributed by atoms with Gasteiger partial charge in [0.05, 0.1) is 10.8 Å². The Labute approximate surface area is 161 Å². The normalized spacial score (nSPS) is 16.9. The molecular weight excluding hydrogens is 360 g/mol. The number of sulfonamides is 1. The summed E-state index contributed by atoms with van der Waals surface area (Å²) in [5, 5.41) is 0. The van der Waals surface area contributed by atoms with Gasteiger partial charge in [0.25, 0.3) is 0 Å². The number of nitrogens with zero attached hydrogens (tertiary/aromatic N) is 1. The molecule has 1 amide bonds. The Morgan fingerprint density at radius 3 is 2.15 bits per heavy atom. The molecule has 6 heteroatoms. The summed E-state index contributed by atoms with van der Waals surface area (Å²) >= 11 is 0. The Bertz CT molecular complexity index is 846. The van der Waals surface area contributed by atoms with E-state index < -0.39 is 10.0 Å². The van der Waals surface area contributed by atoms with E-state index in [2.05, 4.69) is 4.72 Å². The molecule has 0 unspecified atom stereocenters. The largest absolute Gasteiger partial charge is 0.342 e. The molecule has 1 fully saturated rings. The average molecular weight is 387 g/mol. The van der Waals surface area contributed by atoms with Crippen LogP contribution in [0.1, 0.15) is 37.7 Å². The van der Waals surface area contributed by atoms with Gasteiger partial charge in [-0.05, 0) is 37.0 Å². The molecule has 0 bridgehead atoms. The molecular formula is C21H26N2O3S. The molecule has 2 aromatic rings. The number of amides is 1. The summed E-state index contributed by atoms with van der Waals surface area (Å²) < 4.78 is 27.7. The summed E-state index contributed by atoms with van der Waals surface area (Å²) in [6.07, 6.45) is 2.01. The summed E-state index contributed by atoms with van der Waals surface area (Å²) in [7, 11) is -3.52. The lowest BCUT2D eigenvalue weighted by Gasteiger charge is -2.34. The zero-order valence-corrected chi connectivity index (χ0v) is 16.4. The fourth-order valence-electron chi connectivity index (χ4n) is 3.56. The predicted octanol–water partition coefficient (Wildman–Crippen LogP) is 3.15. The molecule has 1 heterocycles. The van der Waals surface area contributed by atoms with Crippen molar-refractivity contribution in [3.63, 3.8) is 0 Å². The fraction of sp³-hybridized carbons (Fsp3) is 0.381. The van der Waals surface area contributed by atoms with Crippen LogP contribution < -0.4 is 4.72 Å². The maximum absolute atomic E-state index is 12.9. The number of carbonyl (C=O) groups excluding carboxylic acids is 1. The van der Waals surface area contributed by atoms with Crippen molar-refractivity contribution in [2.45, 2.75) is 43.0 Å². The minimum absolute atomic E-state index is 0.132. The minimum atomic E-state index is -3.52. The molecule has 27 heavy (non-hydrogen) atoms. The van der Waals surface area contributed by atoms with Crippen LogP contribution in [0.3, 0.4) is 0 Å². The second-order valence-electron chi connectivity index (χ2n) is 6.91. The van der Waals surface area contributed by atoms with E-state index in [9.17, 15) is 13.2 Å². The molecule has 144 valence electrons. The first-order valence-electron chi connectivity index (χ1n) is 9.42. The van der Waals surface area contributed by atoms with Crippen LogP contribution in [-0.2, 0) is 14.8 Å². The van der Waals surface area contributed by atoms with Crippen molar-refractivity contribution in [3.8, 4) is 0 Å². The standard InChI is InChI=1S/C21H26N2O3S/c1-2-20(17-9-5-3-6-10-17)21(24)23-15-13-18(14-16-23)22-27(25,26)19-11-7-4-8-12-19/h3-12,18,20,22H,2,13-16H2,1H3/t20-/m1/s1. The summed E-state index contributed by atoms with van der Waals surface area (Å²) in [5.74, 6) is -0.00294. The third-order valence-corrected chi connectivity index (χ3v) is 6.63. The number of hydrogen-bond acceptors (Lipinski definition) is 3. The highest BCUT2D eigenvalue weighted by Gasteiger charge is 2.30. The lowest BCUT2D eigenvalue weighted by molar-refractivity contribution is -0.134. The van der Waals surface area contributed by atoms with Gasteiger partial charge in [0.15, 0.2) is 0 Å². The molecule has 0 spiro atoms. The van der Waals surface area contributed by atoms with Crippen molar-refractivity contribution in [3.05, 3.63) is 66.2 Å². The van der Waals surface area contributed by atoms with E-state index in [4.69, 9.17) is 0 Å². The van der Waals surface area contributed by atoms with Crippen molar-refractivity contribution >= 4 is 15.9 Å². The number of hydrogen-bond donors (Lipinski definition) is 1. The van der Waals surface area contributed by atoms with Crippen molar-refractivity contribution in [1.29, 1.82) is 0 Å². The Hall–Kier alpha value is -2.18. The number of likely N-dealkylation sites (tertiary alicyclic amines) is 1. The quantitative estimate of drug-likeness (QED) is 0.829. The molecule has 1 atom stereocenters. The van der Waals surface area contributed by atoms with Gasteiger partial charge in [0.1, 0.15) is 0 Å². The summed E-state index contributed by atoms with van der Waals surface area (Å²) in [5.41, 5.74) is 1.04. The number of benzene rings is 2. The second kappa shape index (κ2) is 8.67. The van der Waals surface area contributed by atoms with Crippen molar-refractivity contribution < 1.29 is 13.2 Å². The van der Waals surface area contributed by atoms with Crippen LogP contribution in [-0.4, -0.2) is 38.4 Å². The van der Waals surface area contributed by atoms with Gasteiger partial charge in [0, 0.05) is 19.1 Å². The van der Waals surface area contributed by atoms with E-state index in [0.29, 0.717) is 25.9 Å². The van der Waals surface area contributed by atoms with Gasteiger partial charge in [-0.1, -0.05) is 55.5 Å². The third-order valence-electron chi connectivity index (χ3n) is 5.09. The molecule has 2 aromatic carbocycles. The van der Waals surface area contributed by atoms with E-state index in [0.717, 1.165) is 12.0 Å². The van der Waals surface area contributed by atoms with E-state index in [-0.39, 0.29) is 22.8 Å². The van der Waals surface area contributed by atoms with Crippen LogP contribution in [0.15, 0.2) is 65.6 Å². The molecule has 1 aliphatic heterocycles. The highest BCUT2D eigenvalue weighted by atomic mass is 32.2. The number of nitrogens with one attached hydrogen (secondary N) is 1. The molecule has 0 radical (unpaired) electrons. The maximum Gasteiger partial charge on any atom is 0.240 e. The van der Waals surface area contributed by atoms with E-state index in [1.807, 2.05) is 42.2 Å². The van der Waals surface area contributed by atoms with E-state index in [1.54, 1.807) is 30.3 Å². The van der Waals surface area contributed by atoms with Crippen LogP contribution >= 0.6 is 0 Å². The van der Waals surface area contributed by atoms with Crippen LogP contribution in [0, 0.1) is 0 Å². The van der Waals surface area contributed by atoms with Crippen molar-refractivity contribution in [2.24, 2.45) is 0 Å². The number of piperidine rings is 1. The molecule has 1 saturated heterocycles. The van der Waals surface area contributed by atoms with Gasteiger partial charge >= 0.3 is 0 Å². The highest BCUT2D eigenvalue weighted by molar-refractivity contribution is 7.89. The van der Waals surface area contributed by atoms with Gasteiger partial charge in [-0.2, -0.15) is 0 Å². The van der Waals surface area contributed by atoms with Gasteiger partial charge < -0.3 is 4.90 Å². The van der Waals surface area contributed by atoms with E-state index >= 15 is 0 Å². The monoisotopic (exact) mass is 386 g/mol. The second-order valence-corrected chi connectivity index (χ2v) is 8.62. The molecule has 1 aliphatic rings. The molecule has 5 nitrogen and oxygen atoms in total. The fourth-order valence-corrected chi connectivity index (χ4v) is 4.89. The van der Waals surface area contributed by atoms with Gasteiger partial charge in [0.2, 0.25) is 15.9 Å². The molecule has 1 N–H and O–H groups in total. The Morgan fingerprint density at radius 2 is 1.59 bits per heavy atom. The highest BCUT2D eigenvalue weighted by Crippen LogP contribution is 2.24. The first-order chi connectivity index (χ1) is 13.0. The van der Waals surface area contributed by atoms with Crippen LogP contribution in [0.25, 0.3) is 0 Å². The van der Waals surface area contributed by atoms with E-state index in [1.165, 1.54) is 0 Å². The first kappa shape index (κ1) is 19.6. The van der Waals surface area contributed by atoms with Crippen LogP contribution in [0.5, 0.6) is 0 Å². The number of rotatable bonds is 6. The lowest BCUT2D eigenvalue weighted by Crippen LogP contribution is -2.47. The number of carbonyl (C=O) groups is 1. The third kappa shape index (κ3) is 4.76. The predicted molar refractivity (Wildman–Crippen MR) is 106 cm³/mol. The maximum atomic E-state index is 12.9. The zero-order chi connectivity index (χ0) is 19.3. The Morgan fingerprint density at radius 1 is 1.04 bits per heavy atom. The molecule has 0 aromatic heterocycles. The summed E-state index contributed by atoms with van der Waals surface area (Å²) in [6, 6.07) is 18.1. The first-order valence-corrected chi connectivity index (χ1v) is 10.9. The topological polar surface area (TPSA) is 66.5 Å². The summed E-state index contributed by atoms with van der Waals surface area (Å²) in [4.78, 5) is 15.1. The smallest absolute Gasteiger partial charge is 0.240 e. The Balaban J connectivity index is 1.59. The van der Waals surface area contributed by atoms with Gasteiger partial charge in [-0.15, -0.1) is 0 Å².